The average Bonchev–Trinajstić information content (AvgIpc) is 2.65. The van der Waals surface area contributed by atoms with Crippen LogP contribution >= 0.6 is 11.8 Å². The van der Waals surface area contributed by atoms with Gasteiger partial charge in [0.2, 0.25) is 11.8 Å². The summed E-state index contributed by atoms with van der Waals surface area (Å²) >= 11 is 1.69. The first-order valence-electron chi connectivity index (χ1n) is 11.0. The zero-order chi connectivity index (χ0) is 20.0. The fourth-order valence-electron chi connectivity index (χ4n) is 6.85. The third-order valence-electron chi connectivity index (χ3n) is 7.49. The maximum Gasteiger partial charge on any atom is 0.239 e. The first-order valence-corrected chi connectivity index (χ1v) is 11.9. The number of benzene rings is 1. The van der Waals surface area contributed by atoms with E-state index in [2.05, 4.69) is 10.6 Å². The molecule has 0 aromatic heterocycles. The molecule has 0 spiro atoms. The number of halogens is 1. The van der Waals surface area contributed by atoms with Crippen LogP contribution in [0.5, 0.6) is 0 Å². The number of rotatable bonds is 5. The van der Waals surface area contributed by atoms with Gasteiger partial charge in [0.15, 0.2) is 0 Å². The lowest BCUT2D eigenvalue weighted by Gasteiger charge is -2.56. The van der Waals surface area contributed by atoms with Gasteiger partial charge in [0.1, 0.15) is 5.82 Å². The smallest absolute Gasteiger partial charge is 0.239 e. The molecule has 2 amide bonds. The molecule has 4 fully saturated rings. The summed E-state index contributed by atoms with van der Waals surface area (Å²) < 4.78 is 13.6. The van der Waals surface area contributed by atoms with Crippen LogP contribution in [0.3, 0.4) is 0 Å². The maximum absolute atomic E-state index is 13.6. The van der Waals surface area contributed by atoms with E-state index in [4.69, 9.17) is 0 Å². The van der Waals surface area contributed by atoms with Gasteiger partial charge in [-0.1, -0.05) is 0 Å². The van der Waals surface area contributed by atoms with Crippen LogP contribution in [0.25, 0.3) is 0 Å². The summed E-state index contributed by atoms with van der Waals surface area (Å²) in [6.07, 6.45) is 9.02. The number of fused-ring (bicyclic) bond motifs is 1. The van der Waals surface area contributed by atoms with Crippen LogP contribution < -0.4 is 10.6 Å². The largest absolute Gasteiger partial charge is 0.348 e. The number of carbonyl (C=O) groups is 2. The third-order valence-corrected chi connectivity index (χ3v) is 8.62. The third kappa shape index (κ3) is 4.05. The van der Waals surface area contributed by atoms with Crippen molar-refractivity contribution in [3.63, 3.8) is 0 Å². The summed E-state index contributed by atoms with van der Waals surface area (Å²) in [5.41, 5.74) is 1.03. The molecule has 156 valence electrons. The lowest BCUT2D eigenvalue weighted by molar-refractivity contribution is -0.132. The first-order chi connectivity index (χ1) is 14.0. The summed E-state index contributed by atoms with van der Waals surface area (Å²) in [4.78, 5) is 26.1. The summed E-state index contributed by atoms with van der Waals surface area (Å²) in [5, 5.41) is 5.84. The van der Waals surface area contributed by atoms with Crippen molar-refractivity contribution in [1.29, 1.82) is 0 Å². The molecule has 29 heavy (non-hydrogen) atoms. The van der Waals surface area contributed by atoms with Crippen molar-refractivity contribution in [2.45, 2.75) is 62.3 Å². The van der Waals surface area contributed by atoms with Gasteiger partial charge >= 0.3 is 0 Å². The Morgan fingerprint density at radius 1 is 1.07 bits per heavy atom. The second-order valence-electron chi connectivity index (χ2n) is 9.81. The minimum Gasteiger partial charge on any atom is -0.348 e. The molecule has 5 aliphatic rings. The maximum atomic E-state index is 13.6. The molecule has 6 heteroatoms. The predicted molar refractivity (Wildman–Crippen MR) is 111 cm³/mol. The second-order valence-corrected chi connectivity index (χ2v) is 10.9. The average molecular weight is 417 g/mol. The van der Waals surface area contributed by atoms with Gasteiger partial charge < -0.3 is 10.6 Å². The van der Waals surface area contributed by atoms with Crippen molar-refractivity contribution >= 4 is 23.6 Å². The molecule has 1 unspecified atom stereocenters. The Hall–Kier alpha value is -1.56. The number of nitrogens with one attached hydrogen (secondary N) is 2. The monoisotopic (exact) mass is 416 g/mol. The van der Waals surface area contributed by atoms with Gasteiger partial charge in [0, 0.05) is 17.1 Å². The van der Waals surface area contributed by atoms with Gasteiger partial charge in [-0.05, 0) is 91.9 Å². The van der Waals surface area contributed by atoms with E-state index in [1.807, 2.05) is 0 Å². The summed E-state index contributed by atoms with van der Waals surface area (Å²) in [6.45, 7) is -0.000505. The highest BCUT2D eigenvalue weighted by Crippen LogP contribution is 2.61. The van der Waals surface area contributed by atoms with Crippen molar-refractivity contribution in [2.24, 2.45) is 23.2 Å². The van der Waals surface area contributed by atoms with E-state index in [0.717, 1.165) is 40.4 Å². The molecular weight excluding hydrogens is 387 g/mol. The van der Waals surface area contributed by atoms with Gasteiger partial charge in [-0.25, -0.2) is 4.39 Å². The number of hydrogen-bond acceptors (Lipinski definition) is 3. The van der Waals surface area contributed by atoms with E-state index >= 15 is 0 Å². The molecule has 1 atom stereocenters. The number of carbonyl (C=O) groups excluding carboxylic acids is 2. The Morgan fingerprint density at radius 3 is 2.45 bits per heavy atom. The summed E-state index contributed by atoms with van der Waals surface area (Å²) in [7, 11) is 0. The molecule has 1 aromatic carbocycles. The Labute approximate surface area is 175 Å². The Kier molecular flexibility index (Phi) is 5.09. The lowest BCUT2D eigenvalue weighted by Crippen LogP contribution is -2.48. The Balaban J connectivity index is 1.14. The molecule has 6 rings (SSSR count). The zero-order valence-corrected chi connectivity index (χ0v) is 17.5. The molecule has 4 saturated carbocycles. The Bertz CT molecular complexity index is 792. The van der Waals surface area contributed by atoms with E-state index < -0.39 is 0 Å². The van der Waals surface area contributed by atoms with E-state index in [1.165, 1.54) is 50.7 Å². The van der Waals surface area contributed by atoms with Crippen molar-refractivity contribution in [3.8, 4) is 0 Å². The number of hydrogen-bond donors (Lipinski definition) is 2. The van der Waals surface area contributed by atoms with E-state index in [-0.39, 0.29) is 35.6 Å². The molecular formula is C23H29FN2O2S. The minimum atomic E-state index is -0.283. The van der Waals surface area contributed by atoms with E-state index in [9.17, 15) is 14.0 Å². The minimum absolute atomic E-state index is 0.000505. The SMILES string of the molecule is O=C(CC12CC3CC(CC(C3)C1)C2)NCC(=O)NC1CCSc2ccc(F)cc21. The molecule has 1 aliphatic heterocycles. The fourth-order valence-corrected chi connectivity index (χ4v) is 7.95. The van der Waals surface area contributed by atoms with Gasteiger partial charge in [-0.15, -0.1) is 11.8 Å². The predicted octanol–water partition coefficient (Wildman–Crippen LogP) is 4.20. The molecule has 4 nitrogen and oxygen atoms in total. The number of thioether (sulfide) groups is 1. The lowest BCUT2D eigenvalue weighted by atomic mass is 9.49. The Morgan fingerprint density at radius 2 is 1.76 bits per heavy atom. The van der Waals surface area contributed by atoms with Gasteiger partial charge in [-0.3, -0.25) is 9.59 Å². The number of amides is 2. The first kappa shape index (κ1) is 19.4. The van der Waals surface area contributed by atoms with Crippen molar-refractivity contribution < 1.29 is 14.0 Å². The van der Waals surface area contributed by atoms with Crippen LogP contribution in [-0.2, 0) is 9.59 Å². The van der Waals surface area contributed by atoms with E-state index in [1.54, 1.807) is 17.8 Å². The van der Waals surface area contributed by atoms with E-state index in [0.29, 0.717) is 6.42 Å². The molecule has 0 radical (unpaired) electrons. The molecule has 1 heterocycles. The van der Waals surface area contributed by atoms with Gasteiger partial charge in [-0.2, -0.15) is 0 Å². The van der Waals surface area contributed by atoms with Crippen molar-refractivity contribution in [3.05, 3.63) is 29.6 Å². The van der Waals surface area contributed by atoms with Crippen LogP contribution in [0.4, 0.5) is 4.39 Å². The summed E-state index contributed by atoms with van der Waals surface area (Å²) in [5.74, 6) is 2.88. The van der Waals surface area contributed by atoms with Crippen LogP contribution in [0.2, 0.25) is 0 Å². The van der Waals surface area contributed by atoms with Crippen molar-refractivity contribution in [1.82, 2.24) is 10.6 Å². The summed E-state index contributed by atoms with van der Waals surface area (Å²) in [6, 6.07) is 4.56. The molecule has 4 aliphatic carbocycles. The highest BCUT2D eigenvalue weighted by Gasteiger charge is 2.51. The van der Waals surface area contributed by atoms with Crippen LogP contribution in [0.15, 0.2) is 23.1 Å². The van der Waals surface area contributed by atoms with Crippen LogP contribution in [0, 0.1) is 29.0 Å². The van der Waals surface area contributed by atoms with Crippen LogP contribution in [0.1, 0.15) is 63.0 Å². The topological polar surface area (TPSA) is 58.2 Å². The fraction of sp³-hybridized carbons (Fsp3) is 0.652. The molecule has 2 N–H and O–H groups in total. The molecule has 4 bridgehead atoms. The zero-order valence-electron chi connectivity index (χ0n) is 16.7. The van der Waals surface area contributed by atoms with Gasteiger partial charge in [0.25, 0.3) is 0 Å². The van der Waals surface area contributed by atoms with Crippen LogP contribution in [-0.4, -0.2) is 24.1 Å². The molecule has 1 aromatic rings. The van der Waals surface area contributed by atoms with Gasteiger partial charge in [0.05, 0.1) is 12.6 Å². The second kappa shape index (κ2) is 7.60. The standard InChI is InChI=1S/C23H29FN2O2S/c24-17-1-2-20-18(8-17)19(3-4-29-20)26-22(28)13-25-21(27)12-23-9-14-5-15(10-23)7-16(6-14)11-23/h1-2,8,14-16,19H,3-7,9-13H2,(H,25,27)(H,26,28). The highest BCUT2D eigenvalue weighted by atomic mass is 32.2. The quantitative estimate of drug-likeness (QED) is 0.756. The molecule has 0 saturated heterocycles. The highest BCUT2D eigenvalue weighted by molar-refractivity contribution is 7.99. The normalized spacial score (nSPS) is 34.5. The van der Waals surface area contributed by atoms with Crippen molar-refractivity contribution in [2.75, 3.05) is 12.3 Å².